The van der Waals surface area contributed by atoms with Crippen molar-refractivity contribution in [2.75, 3.05) is 20.7 Å². The van der Waals surface area contributed by atoms with E-state index < -0.39 is 10.0 Å². The molecule has 18 heavy (non-hydrogen) atoms. The summed E-state index contributed by atoms with van der Waals surface area (Å²) in [6.45, 7) is 4.69. The van der Waals surface area contributed by atoms with Gasteiger partial charge in [0.1, 0.15) is 4.21 Å². The van der Waals surface area contributed by atoms with E-state index >= 15 is 0 Å². The first-order valence-corrected chi connectivity index (χ1v) is 7.97. The summed E-state index contributed by atoms with van der Waals surface area (Å²) in [4.78, 5) is 1.04. The van der Waals surface area contributed by atoms with Gasteiger partial charge in [0.25, 0.3) is 0 Å². The van der Waals surface area contributed by atoms with Gasteiger partial charge in [-0.3, -0.25) is 0 Å². The summed E-state index contributed by atoms with van der Waals surface area (Å²) in [5.74, 6) is 0. The van der Waals surface area contributed by atoms with Crippen molar-refractivity contribution in [2.24, 2.45) is 0 Å². The molecule has 1 unspecified atom stereocenters. The Bertz CT molecular complexity index is 482. The van der Waals surface area contributed by atoms with Crippen LogP contribution in [0.1, 0.15) is 17.4 Å². The molecule has 0 fully saturated rings. The molecule has 0 aliphatic rings. The van der Waals surface area contributed by atoms with Gasteiger partial charge in [-0.25, -0.2) is 13.1 Å². The van der Waals surface area contributed by atoms with E-state index in [0.717, 1.165) is 10.4 Å². The van der Waals surface area contributed by atoms with E-state index in [4.69, 9.17) is 4.74 Å². The number of aryl methyl sites for hydroxylation is 1. The van der Waals surface area contributed by atoms with E-state index in [1.807, 2.05) is 20.9 Å². The van der Waals surface area contributed by atoms with Gasteiger partial charge in [-0.2, -0.15) is 0 Å². The minimum absolute atomic E-state index is 0.141. The second-order valence-corrected chi connectivity index (χ2v) is 7.23. The fourth-order valence-corrected chi connectivity index (χ4v) is 4.10. The monoisotopic (exact) mass is 292 g/mol. The summed E-state index contributed by atoms with van der Waals surface area (Å²) in [6.07, 6.45) is -0.141. The Morgan fingerprint density at radius 2 is 2.17 bits per heavy atom. The van der Waals surface area contributed by atoms with Crippen LogP contribution in [0, 0.1) is 6.92 Å². The van der Waals surface area contributed by atoms with Gasteiger partial charge in [0.2, 0.25) is 10.0 Å². The van der Waals surface area contributed by atoms with Crippen molar-refractivity contribution in [3.63, 3.8) is 0 Å². The van der Waals surface area contributed by atoms with Crippen LogP contribution in [0.15, 0.2) is 10.3 Å². The van der Waals surface area contributed by atoms with Gasteiger partial charge >= 0.3 is 0 Å². The van der Waals surface area contributed by atoms with Crippen molar-refractivity contribution in [3.8, 4) is 0 Å². The predicted octanol–water partition coefficient (Wildman–Crippen LogP) is 1.09. The normalized spacial score (nSPS) is 13.8. The lowest BCUT2D eigenvalue weighted by atomic mass is 10.3. The molecule has 0 saturated carbocycles. The molecule has 0 radical (unpaired) electrons. The van der Waals surface area contributed by atoms with Gasteiger partial charge in [0, 0.05) is 25.1 Å². The van der Waals surface area contributed by atoms with Crippen LogP contribution in [0.4, 0.5) is 0 Å². The highest BCUT2D eigenvalue weighted by atomic mass is 32.2. The highest BCUT2D eigenvalue weighted by Crippen LogP contribution is 2.25. The molecule has 1 heterocycles. The first-order chi connectivity index (χ1) is 8.40. The highest BCUT2D eigenvalue weighted by molar-refractivity contribution is 7.91. The molecule has 1 aromatic rings. The zero-order valence-corrected chi connectivity index (χ0v) is 12.7. The van der Waals surface area contributed by atoms with Crippen molar-refractivity contribution in [1.29, 1.82) is 0 Å². The van der Waals surface area contributed by atoms with E-state index in [-0.39, 0.29) is 12.6 Å². The van der Waals surface area contributed by atoms with Crippen LogP contribution < -0.4 is 10.0 Å². The zero-order chi connectivity index (χ0) is 13.8. The average molecular weight is 292 g/mol. The summed E-state index contributed by atoms with van der Waals surface area (Å²) in [7, 11) is -0.0307. The molecular weight excluding hydrogens is 272 g/mol. The van der Waals surface area contributed by atoms with E-state index in [1.54, 1.807) is 13.2 Å². The molecule has 7 heteroatoms. The van der Waals surface area contributed by atoms with E-state index in [9.17, 15) is 8.42 Å². The second-order valence-electron chi connectivity index (χ2n) is 4.10. The van der Waals surface area contributed by atoms with Gasteiger partial charge in [-0.05, 0) is 32.5 Å². The molecule has 0 saturated heterocycles. The molecule has 0 aliphatic carbocycles. The Morgan fingerprint density at radius 1 is 1.50 bits per heavy atom. The molecule has 0 aliphatic heterocycles. The first kappa shape index (κ1) is 15.6. The molecule has 0 bridgehead atoms. The highest BCUT2D eigenvalue weighted by Gasteiger charge is 2.19. The lowest BCUT2D eigenvalue weighted by Gasteiger charge is -2.10. The Labute approximate surface area is 113 Å². The summed E-state index contributed by atoms with van der Waals surface area (Å²) in [5, 5.41) is 3.02. The van der Waals surface area contributed by atoms with Crippen LogP contribution >= 0.6 is 11.3 Å². The lowest BCUT2D eigenvalue weighted by molar-refractivity contribution is 0.122. The minimum Gasteiger partial charge on any atom is -0.380 e. The number of thiophene rings is 1. The largest absolute Gasteiger partial charge is 0.380 e. The summed E-state index contributed by atoms with van der Waals surface area (Å²) >= 11 is 1.30. The van der Waals surface area contributed by atoms with Gasteiger partial charge in [0.15, 0.2) is 0 Å². The third-order valence-corrected chi connectivity index (χ3v) is 5.70. The summed E-state index contributed by atoms with van der Waals surface area (Å²) in [6, 6.07) is 1.71. The molecule has 1 aromatic heterocycles. The molecule has 0 amide bonds. The first-order valence-electron chi connectivity index (χ1n) is 5.67. The molecule has 104 valence electrons. The van der Waals surface area contributed by atoms with Crippen LogP contribution in [-0.2, 0) is 21.3 Å². The number of rotatable bonds is 7. The standard InChI is InChI=1S/C11H20N2O3S2/c1-8-5-11(17-10(8)7-12-3)18(14,15)13-6-9(2)16-4/h5,9,12-13H,6-7H2,1-4H3. The molecule has 0 aromatic carbocycles. The molecule has 1 rings (SSSR count). The van der Waals surface area contributed by atoms with Crippen LogP contribution in [0.2, 0.25) is 0 Å². The second kappa shape index (κ2) is 6.63. The number of hydrogen-bond donors (Lipinski definition) is 2. The fraction of sp³-hybridized carbons (Fsp3) is 0.636. The Morgan fingerprint density at radius 3 is 2.72 bits per heavy atom. The van der Waals surface area contributed by atoms with Crippen LogP contribution in [0.5, 0.6) is 0 Å². The number of ether oxygens (including phenoxy) is 1. The summed E-state index contributed by atoms with van der Waals surface area (Å²) < 4.78 is 32.0. The quantitative estimate of drug-likeness (QED) is 0.789. The maximum atomic E-state index is 12.0. The van der Waals surface area contributed by atoms with Gasteiger partial charge in [-0.15, -0.1) is 11.3 Å². The SMILES string of the molecule is CNCc1sc(S(=O)(=O)NCC(C)OC)cc1C. The lowest BCUT2D eigenvalue weighted by Crippen LogP contribution is -2.31. The van der Waals surface area contributed by atoms with Crippen molar-refractivity contribution in [2.45, 2.75) is 30.7 Å². The van der Waals surface area contributed by atoms with Crippen LogP contribution in [0.25, 0.3) is 0 Å². The topological polar surface area (TPSA) is 67.4 Å². The van der Waals surface area contributed by atoms with Crippen LogP contribution in [0.3, 0.4) is 0 Å². The smallest absolute Gasteiger partial charge is 0.250 e. The maximum Gasteiger partial charge on any atom is 0.250 e. The zero-order valence-electron chi connectivity index (χ0n) is 11.1. The fourth-order valence-electron chi connectivity index (χ4n) is 1.34. The van der Waals surface area contributed by atoms with E-state index in [0.29, 0.717) is 10.8 Å². The summed E-state index contributed by atoms with van der Waals surface area (Å²) in [5.41, 5.74) is 0.995. The van der Waals surface area contributed by atoms with Crippen molar-refractivity contribution < 1.29 is 13.2 Å². The van der Waals surface area contributed by atoms with Crippen molar-refractivity contribution in [1.82, 2.24) is 10.0 Å². The third-order valence-electron chi connectivity index (χ3n) is 2.56. The molecular formula is C11H20N2O3S2. The van der Waals surface area contributed by atoms with E-state index in [2.05, 4.69) is 10.0 Å². The van der Waals surface area contributed by atoms with Crippen molar-refractivity contribution >= 4 is 21.4 Å². The molecule has 1 atom stereocenters. The van der Waals surface area contributed by atoms with Crippen LogP contribution in [-0.4, -0.2) is 35.2 Å². The molecule has 2 N–H and O–H groups in total. The minimum atomic E-state index is -3.42. The number of hydrogen-bond acceptors (Lipinski definition) is 5. The number of methoxy groups -OCH3 is 1. The van der Waals surface area contributed by atoms with Gasteiger partial charge in [0.05, 0.1) is 6.10 Å². The maximum absolute atomic E-state index is 12.0. The Balaban J connectivity index is 2.82. The Kier molecular flexibility index (Phi) is 5.74. The Hall–Kier alpha value is -0.470. The number of sulfonamides is 1. The van der Waals surface area contributed by atoms with E-state index in [1.165, 1.54) is 11.3 Å². The molecule has 5 nitrogen and oxygen atoms in total. The predicted molar refractivity (Wildman–Crippen MR) is 73.5 cm³/mol. The average Bonchev–Trinajstić information content (AvgIpc) is 2.69. The van der Waals surface area contributed by atoms with Gasteiger partial charge in [-0.1, -0.05) is 0 Å². The van der Waals surface area contributed by atoms with Gasteiger partial charge < -0.3 is 10.1 Å². The molecule has 0 spiro atoms. The third kappa shape index (κ3) is 4.03. The van der Waals surface area contributed by atoms with Crippen molar-refractivity contribution in [3.05, 3.63) is 16.5 Å². The number of nitrogens with one attached hydrogen (secondary N) is 2.